The molecule has 7 heteroatoms. The van der Waals surface area contributed by atoms with Crippen LogP contribution in [0.3, 0.4) is 0 Å². The Morgan fingerprint density at radius 3 is 2.65 bits per heavy atom. The van der Waals surface area contributed by atoms with Gasteiger partial charge in [0.1, 0.15) is 0 Å². The predicted octanol–water partition coefficient (Wildman–Crippen LogP) is 0.922. The van der Waals surface area contributed by atoms with E-state index in [1.54, 1.807) is 17.0 Å². The van der Waals surface area contributed by atoms with Crippen molar-refractivity contribution in [1.82, 2.24) is 10.2 Å². The van der Waals surface area contributed by atoms with Crippen LogP contribution in [0.1, 0.15) is 19.3 Å². The van der Waals surface area contributed by atoms with Crippen LogP contribution in [-0.4, -0.2) is 42.4 Å². The molecule has 124 valence electrons. The summed E-state index contributed by atoms with van der Waals surface area (Å²) < 4.78 is 0. The van der Waals surface area contributed by atoms with Crippen molar-refractivity contribution in [3.63, 3.8) is 0 Å². The Morgan fingerprint density at radius 1 is 1.22 bits per heavy atom. The van der Waals surface area contributed by atoms with Gasteiger partial charge in [0.15, 0.2) is 0 Å². The minimum absolute atomic E-state index is 0.0732. The molecule has 7 nitrogen and oxygen atoms in total. The highest BCUT2D eigenvalue weighted by molar-refractivity contribution is 5.89. The number of carbonyl (C=O) groups is 3. The van der Waals surface area contributed by atoms with Gasteiger partial charge in [-0.25, -0.2) is 4.79 Å². The summed E-state index contributed by atoms with van der Waals surface area (Å²) in [5.74, 6) is -0.694. The van der Waals surface area contributed by atoms with Crippen molar-refractivity contribution in [1.29, 1.82) is 0 Å². The Kier molecular flexibility index (Phi) is 5.96. The van der Waals surface area contributed by atoms with Crippen LogP contribution in [0.15, 0.2) is 30.3 Å². The third kappa shape index (κ3) is 5.28. The molecule has 0 unspecified atom stereocenters. The molecule has 1 fully saturated rings. The first-order valence-corrected chi connectivity index (χ1v) is 7.73. The van der Waals surface area contributed by atoms with E-state index in [1.165, 1.54) is 0 Å². The number of carbonyl (C=O) groups excluding carboxylic acids is 3. The van der Waals surface area contributed by atoms with E-state index in [-0.39, 0.29) is 36.7 Å². The quantitative estimate of drug-likeness (QED) is 0.752. The lowest BCUT2D eigenvalue weighted by Gasteiger charge is -2.31. The molecule has 4 N–H and O–H groups in total. The number of para-hydroxylation sites is 1. The SMILES string of the molecule is NC(=O)[C@@H]1CCCN(C(=O)CCNC(=O)Nc2ccccc2)C1. The third-order valence-electron chi connectivity index (χ3n) is 3.83. The van der Waals surface area contributed by atoms with Gasteiger partial charge in [0.05, 0.1) is 5.92 Å². The minimum atomic E-state index is -0.358. The molecule has 1 heterocycles. The number of rotatable bonds is 5. The van der Waals surface area contributed by atoms with E-state index < -0.39 is 0 Å². The number of amides is 4. The van der Waals surface area contributed by atoms with Crippen LogP contribution in [0.4, 0.5) is 10.5 Å². The standard InChI is InChI=1S/C16H22N4O3/c17-15(22)12-5-4-10-20(11-12)14(21)8-9-18-16(23)19-13-6-2-1-3-7-13/h1-3,6-7,12H,4-5,8-11H2,(H2,17,22)(H2,18,19,23)/t12-/m1/s1. The molecule has 0 spiro atoms. The topological polar surface area (TPSA) is 105 Å². The molecule has 4 amide bonds. The van der Waals surface area contributed by atoms with Gasteiger partial charge in [-0.3, -0.25) is 9.59 Å². The maximum atomic E-state index is 12.1. The van der Waals surface area contributed by atoms with E-state index >= 15 is 0 Å². The van der Waals surface area contributed by atoms with E-state index in [2.05, 4.69) is 10.6 Å². The summed E-state index contributed by atoms with van der Waals surface area (Å²) in [4.78, 5) is 36.7. The predicted molar refractivity (Wildman–Crippen MR) is 86.6 cm³/mol. The highest BCUT2D eigenvalue weighted by Crippen LogP contribution is 2.16. The molecule has 1 atom stereocenters. The maximum absolute atomic E-state index is 12.1. The number of nitrogens with two attached hydrogens (primary N) is 1. The van der Waals surface area contributed by atoms with Crippen LogP contribution in [0.2, 0.25) is 0 Å². The van der Waals surface area contributed by atoms with E-state index in [1.807, 2.05) is 18.2 Å². The lowest BCUT2D eigenvalue weighted by molar-refractivity contribution is -0.134. The molecule has 1 aromatic carbocycles. The van der Waals surface area contributed by atoms with E-state index in [0.717, 1.165) is 12.8 Å². The molecule has 1 saturated heterocycles. The number of nitrogens with one attached hydrogen (secondary N) is 2. The zero-order valence-electron chi connectivity index (χ0n) is 13.0. The Labute approximate surface area is 135 Å². The average molecular weight is 318 g/mol. The van der Waals surface area contributed by atoms with Crippen LogP contribution in [0.25, 0.3) is 0 Å². The molecule has 0 radical (unpaired) electrons. The largest absolute Gasteiger partial charge is 0.369 e. The highest BCUT2D eigenvalue weighted by atomic mass is 16.2. The van der Waals surface area contributed by atoms with Crippen molar-refractivity contribution in [3.8, 4) is 0 Å². The fraction of sp³-hybridized carbons (Fsp3) is 0.438. The second kappa shape index (κ2) is 8.17. The minimum Gasteiger partial charge on any atom is -0.369 e. The lowest BCUT2D eigenvalue weighted by Crippen LogP contribution is -2.45. The zero-order valence-corrected chi connectivity index (χ0v) is 13.0. The molecule has 1 aliphatic heterocycles. The van der Waals surface area contributed by atoms with Gasteiger partial charge < -0.3 is 21.3 Å². The fourth-order valence-electron chi connectivity index (χ4n) is 2.57. The number of piperidine rings is 1. The first kappa shape index (κ1) is 16.8. The number of benzene rings is 1. The number of hydrogen-bond acceptors (Lipinski definition) is 3. The molecule has 0 bridgehead atoms. The molecule has 0 saturated carbocycles. The van der Waals surface area contributed by atoms with Crippen LogP contribution < -0.4 is 16.4 Å². The molecule has 2 rings (SSSR count). The zero-order chi connectivity index (χ0) is 16.7. The molecule has 0 aliphatic carbocycles. The first-order chi connectivity index (χ1) is 11.1. The second-order valence-corrected chi connectivity index (χ2v) is 5.58. The van der Waals surface area contributed by atoms with Crippen LogP contribution in [0.5, 0.6) is 0 Å². The van der Waals surface area contributed by atoms with Crippen molar-refractivity contribution in [2.75, 3.05) is 25.0 Å². The molecule has 1 aromatic rings. The molecular weight excluding hydrogens is 296 g/mol. The summed E-state index contributed by atoms with van der Waals surface area (Å²) in [6.07, 6.45) is 1.71. The molecule has 23 heavy (non-hydrogen) atoms. The summed E-state index contributed by atoms with van der Waals surface area (Å²) in [6, 6.07) is 8.72. The van der Waals surface area contributed by atoms with E-state index in [9.17, 15) is 14.4 Å². The van der Waals surface area contributed by atoms with Crippen molar-refractivity contribution in [2.24, 2.45) is 11.7 Å². The highest BCUT2D eigenvalue weighted by Gasteiger charge is 2.26. The lowest BCUT2D eigenvalue weighted by atomic mass is 9.97. The van der Waals surface area contributed by atoms with Gasteiger partial charge in [-0.2, -0.15) is 0 Å². The van der Waals surface area contributed by atoms with Gasteiger partial charge in [0.2, 0.25) is 11.8 Å². The Hall–Kier alpha value is -2.57. The molecular formula is C16H22N4O3. The number of primary amides is 1. The Bertz CT molecular complexity index is 562. The van der Waals surface area contributed by atoms with Crippen molar-refractivity contribution >= 4 is 23.5 Å². The van der Waals surface area contributed by atoms with Crippen molar-refractivity contribution in [2.45, 2.75) is 19.3 Å². The summed E-state index contributed by atoms with van der Waals surface area (Å²) >= 11 is 0. The van der Waals surface area contributed by atoms with Gasteiger partial charge in [-0.1, -0.05) is 18.2 Å². The molecule has 0 aromatic heterocycles. The van der Waals surface area contributed by atoms with Crippen molar-refractivity contribution < 1.29 is 14.4 Å². The van der Waals surface area contributed by atoms with Gasteiger partial charge in [-0.05, 0) is 25.0 Å². The second-order valence-electron chi connectivity index (χ2n) is 5.58. The maximum Gasteiger partial charge on any atom is 0.319 e. The summed E-state index contributed by atoms with van der Waals surface area (Å²) in [6.45, 7) is 1.26. The number of urea groups is 1. The number of anilines is 1. The number of nitrogens with zero attached hydrogens (tertiary/aromatic N) is 1. The van der Waals surface area contributed by atoms with Crippen molar-refractivity contribution in [3.05, 3.63) is 30.3 Å². The monoisotopic (exact) mass is 318 g/mol. The Morgan fingerprint density at radius 2 is 1.96 bits per heavy atom. The summed E-state index contributed by atoms with van der Waals surface area (Å²) in [5, 5.41) is 5.33. The van der Waals surface area contributed by atoms with Crippen LogP contribution in [-0.2, 0) is 9.59 Å². The normalized spacial score (nSPS) is 17.4. The fourth-order valence-corrected chi connectivity index (χ4v) is 2.57. The van der Waals surface area contributed by atoms with E-state index in [0.29, 0.717) is 18.8 Å². The van der Waals surface area contributed by atoms with Gasteiger partial charge in [-0.15, -0.1) is 0 Å². The number of hydrogen-bond donors (Lipinski definition) is 3. The summed E-state index contributed by atoms with van der Waals surface area (Å²) in [7, 11) is 0. The van der Waals surface area contributed by atoms with Crippen LogP contribution in [0, 0.1) is 5.92 Å². The van der Waals surface area contributed by atoms with E-state index in [4.69, 9.17) is 5.73 Å². The number of likely N-dealkylation sites (tertiary alicyclic amines) is 1. The van der Waals surface area contributed by atoms with Gasteiger partial charge in [0.25, 0.3) is 0 Å². The van der Waals surface area contributed by atoms with Crippen LogP contribution >= 0.6 is 0 Å². The van der Waals surface area contributed by atoms with Gasteiger partial charge in [0, 0.05) is 31.7 Å². The smallest absolute Gasteiger partial charge is 0.319 e. The Balaban J connectivity index is 1.70. The first-order valence-electron chi connectivity index (χ1n) is 7.73. The average Bonchev–Trinajstić information content (AvgIpc) is 2.55. The summed E-state index contributed by atoms with van der Waals surface area (Å²) in [5.41, 5.74) is 5.99. The molecule has 1 aliphatic rings. The van der Waals surface area contributed by atoms with Gasteiger partial charge >= 0.3 is 6.03 Å². The third-order valence-corrected chi connectivity index (χ3v) is 3.83.